The monoisotopic (exact) mass is 477 g/mol. The molecule has 2 aromatic heterocycles. The molecule has 37 heavy (non-hydrogen) atoms. The minimum atomic E-state index is -0.311. The van der Waals surface area contributed by atoms with Crippen molar-refractivity contribution in [2.75, 3.05) is 0 Å². The third kappa shape index (κ3) is 3.47. The van der Waals surface area contributed by atoms with Gasteiger partial charge in [0, 0.05) is 16.5 Å². The Morgan fingerprint density at radius 1 is 0.541 bits per heavy atom. The molecule has 176 valence electrons. The Morgan fingerprint density at radius 2 is 1.11 bits per heavy atom. The van der Waals surface area contributed by atoms with Gasteiger partial charge in [0.15, 0.2) is 0 Å². The molecule has 0 fully saturated rings. The summed E-state index contributed by atoms with van der Waals surface area (Å²) in [5.41, 5.74) is 8.65. The Labute approximate surface area is 213 Å². The van der Waals surface area contributed by atoms with Crippen LogP contribution in [0.5, 0.6) is 0 Å². The lowest BCUT2D eigenvalue weighted by Crippen LogP contribution is -2.01. The summed E-state index contributed by atoms with van der Waals surface area (Å²) >= 11 is 0. The number of rotatable bonds is 3. The first-order chi connectivity index (χ1) is 18.2. The minimum absolute atomic E-state index is 0.311. The lowest BCUT2D eigenvalue weighted by molar-refractivity contribution is 0.516. The molecule has 0 saturated heterocycles. The molecule has 0 aliphatic heterocycles. The number of hydrogen-bond acceptors (Lipinski definition) is 2. The highest BCUT2D eigenvalue weighted by molar-refractivity contribution is 6.11. The van der Waals surface area contributed by atoms with Crippen molar-refractivity contribution >= 4 is 32.6 Å². The van der Waals surface area contributed by atoms with Gasteiger partial charge in [-0.15, -0.1) is 0 Å². The topological polar surface area (TPSA) is 35.1 Å². The molecule has 3 heteroatoms. The van der Waals surface area contributed by atoms with Crippen LogP contribution in [0.3, 0.4) is 0 Å². The van der Waals surface area contributed by atoms with Crippen LogP contribution in [0.1, 0.15) is 5.56 Å². The number of fused-ring (bicyclic) bond motifs is 4. The Kier molecular flexibility index (Phi) is 4.83. The SMILES string of the molecule is Cc1coc(=O)c2ccc(-n3c4ccc(-c5ccccc5)cc4c4cc(-c5ccccc5)ccc43)cc12. The third-order valence-corrected chi connectivity index (χ3v) is 7.23. The summed E-state index contributed by atoms with van der Waals surface area (Å²) in [4.78, 5) is 12.3. The van der Waals surface area contributed by atoms with Crippen molar-refractivity contribution in [2.24, 2.45) is 0 Å². The molecule has 7 aromatic rings. The summed E-state index contributed by atoms with van der Waals surface area (Å²) in [7, 11) is 0. The van der Waals surface area contributed by atoms with Crippen LogP contribution in [-0.4, -0.2) is 4.57 Å². The van der Waals surface area contributed by atoms with Crippen LogP contribution in [0.2, 0.25) is 0 Å². The van der Waals surface area contributed by atoms with E-state index in [1.807, 2.05) is 31.2 Å². The predicted octanol–water partition coefficient (Wildman–Crippen LogP) is 8.53. The molecule has 0 spiro atoms. The van der Waals surface area contributed by atoms with E-state index in [-0.39, 0.29) is 5.63 Å². The first-order valence-corrected chi connectivity index (χ1v) is 12.4. The lowest BCUT2D eigenvalue weighted by atomic mass is 10.0. The van der Waals surface area contributed by atoms with Gasteiger partial charge in [-0.2, -0.15) is 0 Å². The van der Waals surface area contributed by atoms with E-state index in [1.165, 1.54) is 33.0 Å². The van der Waals surface area contributed by atoms with Crippen LogP contribution in [0.15, 0.2) is 131 Å². The quantitative estimate of drug-likeness (QED) is 0.256. The summed E-state index contributed by atoms with van der Waals surface area (Å²) in [5, 5.41) is 3.89. The predicted molar refractivity (Wildman–Crippen MR) is 152 cm³/mol. The first kappa shape index (κ1) is 21.4. The van der Waals surface area contributed by atoms with Gasteiger partial charge in [0.05, 0.1) is 22.7 Å². The minimum Gasteiger partial charge on any atom is -0.431 e. The van der Waals surface area contributed by atoms with Crippen molar-refractivity contribution in [1.82, 2.24) is 4.57 Å². The second-order valence-corrected chi connectivity index (χ2v) is 9.47. The van der Waals surface area contributed by atoms with Gasteiger partial charge in [-0.25, -0.2) is 4.79 Å². The highest BCUT2D eigenvalue weighted by Gasteiger charge is 2.16. The van der Waals surface area contributed by atoms with Crippen LogP contribution in [0.25, 0.3) is 60.5 Å². The van der Waals surface area contributed by atoms with Crippen molar-refractivity contribution in [3.8, 4) is 27.9 Å². The number of aryl methyl sites for hydroxylation is 1. The maximum atomic E-state index is 12.3. The summed E-state index contributed by atoms with van der Waals surface area (Å²) < 4.78 is 7.48. The molecule has 0 bridgehead atoms. The second kappa shape index (κ2) is 8.35. The molecular formula is C34H23NO2. The van der Waals surface area contributed by atoms with Gasteiger partial charge in [-0.05, 0) is 82.6 Å². The van der Waals surface area contributed by atoms with E-state index in [4.69, 9.17) is 4.42 Å². The van der Waals surface area contributed by atoms with Gasteiger partial charge >= 0.3 is 5.63 Å². The van der Waals surface area contributed by atoms with Gasteiger partial charge in [0.1, 0.15) is 0 Å². The largest absolute Gasteiger partial charge is 0.431 e. The van der Waals surface area contributed by atoms with Crippen molar-refractivity contribution in [2.45, 2.75) is 6.92 Å². The average Bonchev–Trinajstić information content (AvgIpc) is 3.29. The normalized spacial score (nSPS) is 11.5. The van der Waals surface area contributed by atoms with Crippen molar-refractivity contribution in [1.29, 1.82) is 0 Å². The third-order valence-electron chi connectivity index (χ3n) is 7.23. The zero-order chi connectivity index (χ0) is 24.9. The smallest absolute Gasteiger partial charge is 0.343 e. The maximum Gasteiger partial charge on any atom is 0.343 e. The van der Waals surface area contributed by atoms with Crippen LogP contribution >= 0.6 is 0 Å². The molecule has 0 aliphatic rings. The van der Waals surface area contributed by atoms with Gasteiger partial charge in [-0.3, -0.25) is 0 Å². The Bertz CT molecular complexity index is 1900. The molecule has 3 nitrogen and oxygen atoms in total. The summed E-state index contributed by atoms with van der Waals surface area (Å²) in [5.74, 6) is 0. The molecule has 0 atom stereocenters. The van der Waals surface area contributed by atoms with Crippen LogP contribution < -0.4 is 5.63 Å². The fourth-order valence-corrected chi connectivity index (χ4v) is 5.37. The van der Waals surface area contributed by atoms with Gasteiger partial charge in [0.25, 0.3) is 0 Å². The second-order valence-electron chi connectivity index (χ2n) is 9.47. The van der Waals surface area contributed by atoms with Gasteiger partial charge in [0.2, 0.25) is 0 Å². The average molecular weight is 478 g/mol. The van der Waals surface area contributed by atoms with E-state index in [0.717, 1.165) is 27.7 Å². The van der Waals surface area contributed by atoms with Gasteiger partial charge in [-0.1, -0.05) is 72.8 Å². The number of aromatic nitrogens is 1. The van der Waals surface area contributed by atoms with Gasteiger partial charge < -0.3 is 8.98 Å². The van der Waals surface area contributed by atoms with Crippen LogP contribution in [0, 0.1) is 6.92 Å². The number of benzene rings is 5. The molecule has 0 saturated carbocycles. The zero-order valence-corrected chi connectivity index (χ0v) is 20.3. The Morgan fingerprint density at radius 3 is 1.68 bits per heavy atom. The number of nitrogens with zero attached hydrogens (tertiary/aromatic N) is 1. The van der Waals surface area contributed by atoms with Crippen LogP contribution in [0.4, 0.5) is 0 Å². The molecule has 5 aromatic carbocycles. The van der Waals surface area contributed by atoms with Crippen molar-refractivity contribution in [3.05, 3.63) is 138 Å². The Balaban J connectivity index is 1.55. The molecular weight excluding hydrogens is 454 g/mol. The molecule has 0 amide bonds. The lowest BCUT2D eigenvalue weighted by Gasteiger charge is -2.10. The molecule has 0 aliphatic carbocycles. The van der Waals surface area contributed by atoms with Crippen molar-refractivity contribution < 1.29 is 4.42 Å². The molecule has 0 unspecified atom stereocenters. The summed E-state index contributed by atoms with van der Waals surface area (Å²) in [6.45, 7) is 1.97. The van der Waals surface area contributed by atoms with E-state index >= 15 is 0 Å². The molecule has 2 heterocycles. The summed E-state index contributed by atoms with van der Waals surface area (Å²) in [6.07, 6.45) is 1.54. The van der Waals surface area contributed by atoms with E-state index in [2.05, 4.69) is 95.6 Å². The Hall–Kier alpha value is -4.89. The van der Waals surface area contributed by atoms with E-state index in [0.29, 0.717) is 5.39 Å². The molecule has 7 rings (SSSR count). The van der Waals surface area contributed by atoms with E-state index in [9.17, 15) is 4.79 Å². The highest BCUT2D eigenvalue weighted by atomic mass is 16.4. The summed E-state index contributed by atoms with van der Waals surface area (Å²) in [6, 6.07) is 40.3. The number of hydrogen-bond donors (Lipinski definition) is 0. The maximum absolute atomic E-state index is 12.3. The highest BCUT2D eigenvalue weighted by Crippen LogP contribution is 2.37. The zero-order valence-electron chi connectivity index (χ0n) is 20.3. The first-order valence-electron chi connectivity index (χ1n) is 12.4. The fourth-order valence-electron chi connectivity index (χ4n) is 5.37. The standard InChI is InChI=1S/C34H23NO2/c1-22-21-37-34(36)28-15-14-27(20-29(22)28)35-32-16-12-25(23-8-4-2-5-9-23)18-30(32)31-19-26(13-17-33(31)35)24-10-6-3-7-11-24/h2-21H,1H3. The van der Waals surface area contributed by atoms with Crippen LogP contribution in [-0.2, 0) is 0 Å². The van der Waals surface area contributed by atoms with E-state index < -0.39 is 0 Å². The fraction of sp³-hybridized carbons (Fsp3) is 0.0294. The van der Waals surface area contributed by atoms with E-state index in [1.54, 1.807) is 6.26 Å². The molecule has 0 N–H and O–H groups in total. The molecule has 0 radical (unpaired) electrons. The van der Waals surface area contributed by atoms with Crippen molar-refractivity contribution in [3.63, 3.8) is 0 Å².